The maximum absolute atomic E-state index is 2.36. The molecule has 0 heteroatoms. The first-order valence-corrected chi connectivity index (χ1v) is 5.12. The van der Waals surface area contributed by atoms with Crippen LogP contribution in [0.4, 0.5) is 0 Å². The molecule has 0 heterocycles. The molecule has 0 bridgehead atoms. The average molecular weight is 166 g/mol. The smallest absolute Gasteiger partial charge is 0.0239 e. The molecule has 0 aliphatic carbocycles. The van der Waals surface area contributed by atoms with Crippen LogP contribution in [-0.4, -0.2) is 0 Å². The second-order valence-electron chi connectivity index (χ2n) is 3.15. The van der Waals surface area contributed by atoms with E-state index in [4.69, 9.17) is 0 Å². The SMILES string of the molecule is CC=CCCC=CC(CC)CC. The van der Waals surface area contributed by atoms with E-state index >= 15 is 0 Å². The first kappa shape index (κ1) is 11.5. The summed E-state index contributed by atoms with van der Waals surface area (Å²) in [5, 5.41) is 0. The van der Waals surface area contributed by atoms with Crippen LogP contribution in [0.2, 0.25) is 0 Å². The fraction of sp³-hybridized carbons (Fsp3) is 0.667. The molecular formula is C12H22. The molecule has 0 unspecified atom stereocenters. The van der Waals surface area contributed by atoms with Crippen LogP contribution in [0.15, 0.2) is 24.3 Å². The first-order valence-electron chi connectivity index (χ1n) is 5.12. The molecule has 0 aliphatic heterocycles. The third kappa shape index (κ3) is 6.21. The fourth-order valence-corrected chi connectivity index (χ4v) is 1.21. The molecular weight excluding hydrogens is 144 g/mol. The van der Waals surface area contributed by atoms with Crippen molar-refractivity contribution in [2.75, 3.05) is 0 Å². The Kier molecular flexibility index (Phi) is 8.20. The summed E-state index contributed by atoms with van der Waals surface area (Å²) in [6.45, 7) is 6.58. The van der Waals surface area contributed by atoms with E-state index in [0.29, 0.717) is 0 Å². The highest BCUT2D eigenvalue weighted by Gasteiger charge is 1.94. The maximum Gasteiger partial charge on any atom is -0.0239 e. The van der Waals surface area contributed by atoms with Gasteiger partial charge < -0.3 is 0 Å². The van der Waals surface area contributed by atoms with Crippen molar-refractivity contribution in [1.82, 2.24) is 0 Å². The van der Waals surface area contributed by atoms with E-state index < -0.39 is 0 Å². The van der Waals surface area contributed by atoms with Crippen molar-refractivity contribution in [2.24, 2.45) is 5.92 Å². The van der Waals surface area contributed by atoms with Gasteiger partial charge in [0.25, 0.3) is 0 Å². The highest BCUT2D eigenvalue weighted by Crippen LogP contribution is 2.09. The van der Waals surface area contributed by atoms with Gasteiger partial charge in [0, 0.05) is 0 Å². The van der Waals surface area contributed by atoms with Crippen molar-refractivity contribution in [1.29, 1.82) is 0 Å². The summed E-state index contributed by atoms with van der Waals surface area (Å²) in [5.41, 5.74) is 0. The molecule has 0 aromatic carbocycles. The van der Waals surface area contributed by atoms with E-state index in [1.165, 1.54) is 25.7 Å². The second-order valence-corrected chi connectivity index (χ2v) is 3.15. The number of hydrogen-bond acceptors (Lipinski definition) is 0. The van der Waals surface area contributed by atoms with Gasteiger partial charge in [-0.2, -0.15) is 0 Å². The number of allylic oxidation sites excluding steroid dienone is 4. The molecule has 70 valence electrons. The van der Waals surface area contributed by atoms with Crippen LogP contribution < -0.4 is 0 Å². The lowest BCUT2D eigenvalue weighted by molar-refractivity contribution is 0.604. The molecule has 0 saturated heterocycles. The van der Waals surface area contributed by atoms with Gasteiger partial charge >= 0.3 is 0 Å². The Morgan fingerprint density at radius 1 is 1.00 bits per heavy atom. The Hall–Kier alpha value is -0.520. The lowest BCUT2D eigenvalue weighted by atomic mass is 10.0. The third-order valence-corrected chi connectivity index (χ3v) is 2.19. The van der Waals surface area contributed by atoms with E-state index in [0.717, 1.165) is 5.92 Å². The molecule has 0 aliphatic rings. The fourth-order valence-electron chi connectivity index (χ4n) is 1.21. The van der Waals surface area contributed by atoms with Gasteiger partial charge in [-0.25, -0.2) is 0 Å². The highest BCUT2D eigenvalue weighted by atomic mass is 14.0. The topological polar surface area (TPSA) is 0 Å². The molecule has 0 nitrogen and oxygen atoms in total. The zero-order valence-electron chi connectivity index (χ0n) is 8.72. The predicted molar refractivity (Wildman–Crippen MR) is 57.3 cm³/mol. The Morgan fingerprint density at radius 3 is 2.08 bits per heavy atom. The maximum atomic E-state index is 2.36. The zero-order valence-corrected chi connectivity index (χ0v) is 8.72. The Bertz CT molecular complexity index is 127. The molecule has 0 atom stereocenters. The minimum Gasteiger partial charge on any atom is -0.0917 e. The van der Waals surface area contributed by atoms with Crippen molar-refractivity contribution in [3.63, 3.8) is 0 Å². The molecule has 0 fully saturated rings. The second kappa shape index (κ2) is 8.58. The summed E-state index contributed by atoms with van der Waals surface area (Å²) in [6, 6.07) is 0. The van der Waals surface area contributed by atoms with Crippen LogP contribution in [0.25, 0.3) is 0 Å². The summed E-state index contributed by atoms with van der Waals surface area (Å²) in [4.78, 5) is 0. The summed E-state index contributed by atoms with van der Waals surface area (Å²) >= 11 is 0. The monoisotopic (exact) mass is 166 g/mol. The third-order valence-electron chi connectivity index (χ3n) is 2.19. The van der Waals surface area contributed by atoms with Crippen LogP contribution in [0.5, 0.6) is 0 Å². The lowest BCUT2D eigenvalue weighted by Gasteiger charge is -2.03. The molecule has 0 aromatic heterocycles. The van der Waals surface area contributed by atoms with Crippen LogP contribution in [-0.2, 0) is 0 Å². The molecule has 0 saturated carbocycles. The molecule has 0 radical (unpaired) electrons. The number of hydrogen-bond donors (Lipinski definition) is 0. The summed E-state index contributed by atoms with van der Waals surface area (Å²) < 4.78 is 0. The van der Waals surface area contributed by atoms with E-state index in [2.05, 4.69) is 45.1 Å². The zero-order chi connectivity index (χ0) is 9.23. The van der Waals surface area contributed by atoms with E-state index in [1.807, 2.05) is 0 Å². The summed E-state index contributed by atoms with van der Waals surface area (Å²) in [6.07, 6.45) is 13.9. The van der Waals surface area contributed by atoms with Gasteiger partial charge in [0.2, 0.25) is 0 Å². The minimum atomic E-state index is 0.801. The normalized spacial score (nSPS) is 12.3. The molecule has 12 heavy (non-hydrogen) atoms. The van der Waals surface area contributed by atoms with Crippen molar-refractivity contribution < 1.29 is 0 Å². The van der Waals surface area contributed by atoms with E-state index in [-0.39, 0.29) is 0 Å². The van der Waals surface area contributed by atoms with E-state index in [9.17, 15) is 0 Å². The lowest BCUT2D eigenvalue weighted by Crippen LogP contribution is -1.89. The quantitative estimate of drug-likeness (QED) is 0.407. The molecule has 0 spiro atoms. The van der Waals surface area contributed by atoms with Crippen molar-refractivity contribution >= 4 is 0 Å². The largest absolute Gasteiger partial charge is 0.0917 e. The average Bonchev–Trinajstić information content (AvgIpc) is 2.11. The van der Waals surface area contributed by atoms with Crippen LogP contribution in [0.3, 0.4) is 0 Å². The molecule has 0 rings (SSSR count). The van der Waals surface area contributed by atoms with Crippen LogP contribution in [0.1, 0.15) is 46.5 Å². The number of rotatable bonds is 6. The van der Waals surface area contributed by atoms with Gasteiger partial charge in [-0.15, -0.1) is 0 Å². The van der Waals surface area contributed by atoms with Gasteiger partial charge in [-0.1, -0.05) is 38.2 Å². The van der Waals surface area contributed by atoms with Gasteiger partial charge in [0.05, 0.1) is 0 Å². The first-order chi connectivity index (χ1) is 5.85. The Morgan fingerprint density at radius 2 is 1.58 bits per heavy atom. The predicted octanol–water partition coefficient (Wildman–Crippen LogP) is 4.34. The van der Waals surface area contributed by atoms with Gasteiger partial charge in [0.15, 0.2) is 0 Å². The van der Waals surface area contributed by atoms with Crippen molar-refractivity contribution in [3.8, 4) is 0 Å². The van der Waals surface area contributed by atoms with Gasteiger partial charge in [-0.05, 0) is 38.5 Å². The van der Waals surface area contributed by atoms with Crippen molar-refractivity contribution in [3.05, 3.63) is 24.3 Å². The standard InChI is InChI=1S/C12H22/c1-4-7-8-9-10-11-12(5-2)6-3/h4,7,10-12H,5-6,8-9H2,1-3H3. The Labute approximate surface area is 77.4 Å². The van der Waals surface area contributed by atoms with Crippen LogP contribution in [0, 0.1) is 5.92 Å². The Balaban J connectivity index is 3.45. The molecule has 0 N–H and O–H groups in total. The van der Waals surface area contributed by atoms with Gasteiger partial charge in [-0.3, -0.25) is 0 Å². The van der Waals surface area contributed by atoms with Gasteiger partial charge in [0.1, 0.15) is 0 Å². The molecule has 0 amide bonds. The number of unbranched alkanes of at least 4 members (excludes halogenated alkanes) is 1. The highest BCUT2D eigenvalue weighted by molar-refractivity contribution is 4.89. The van der Waals surface area contributed by atoms with E-state index in [1.54, 1.807) is 0 Å². The van der Waals surface area contributed by atoms with Crippen LogP contribution >= 0.6 is 0 Å². The van der Waals surface area contributed by atoms with Crippen molar-refractivity contribution in [2.45, 2.75) is 46.5 Å². The minimum absolute atomic E-state index is 0.801. The molecule has 0 aromatic rings. The summed E-state index contributed by atoms with van der Waals surface area (Å²) in [7, 11) is 0. The summed E-state index contributed by atoms with van der Waals surface area (Å²) in [5.74, 6) is 0.801.